The zero-order valence-corrected chi connectivity index (χ0v) is 9.98. The van der Waals surface area contributed by atoms with Crippen LogP contribution < -0.4 is 5.32 Å². The van der Waals surface area contributed by atoms with E-state index < -0.39 is 11.9 Å². The Kier molecular flexibility index (Phi) is 5.29. The van der Waals surface area contributed by atoms with Gasteiger partial charge in [0.25, 0.3) is 5.91 Å². The molecule has 0 atom stereocenters. The lowest BCUT2D eigenvalue weighted by Crippen LogP contribution is -2.26. The van der Waals surface area contributed by atoms with Crippen molar-refractivity contribution in [3.8, 4) is 0 Å². The highest BCUT2D eigenvalue weighted by Crippen LogP contribution is 2.13. The third-order valence-electron chi connectivity index (χ3n) is 1.99. The third kappa shape index (κ3) is 4.32. The zero-order valence-electron chi connectivity index (χ0n) is 9.09. The van der Waals surface area contributed by atoms with E-state index in [9.17, 15) is 9.59 Å². The van der Waals surface area contributed by atoms with Gasteiger partial charge in [0.05, 0.1) is 5.57 Å². The van der Waals surface area contributed by atoms with Crippen LogP contribution in [0.15, 0.2) is 36.4 Å². The van der Waals surface area contributed by atoms with Gasteiger partial charge in [0, 0.05) is 18.4 Å². The molecule has 0 aliphatic carbocycles. The first-order chi connectivity index (χ1) is 8.15. The maximum atomic E-state index is 11.8. The average molecular weight is 251 g/mol. The van der Waals surface area contributed by atoms with E-state index in [2.05, 4.69) is 17.9 Å². The van der Waals surface area contributed by atoms with E-state index in [0.717, 1.165) is 6.08 Å². The maximum Gasteiger partial charge on any atom is 0.329 e. The minimum atomic E-state index is -1.15. The van der Waals surface area contributed by atoms with Crippen LogP contribution in [0, 0.1) is 0 Å². The molecule has 1 aromatic carbocycles. The molecule has 0 heterocycles. The molecule has 0 bridgehead atoms. The predicted molar refractivity (Wildman–Crippen MR) is 68.9 cm³/mol. The lowest BCUT2D eigenvalue weighted by atomic mass is 10.0. The first-order valence-corrected chi connectivity index (χ1v) is 5.67. The van der Waals surface area contributed by atoms with Crippen LogP contribution in [0.1, 0.15) is 5.56 Å². The molecule has 1 rings (SSSR count). The van der Waals surface area contributed by atoms with Gasteiger partial charge in [0.15, 0.2) is 0 Å². The van der Waals surface area contributed by atoms with Crippen LogP contribution in [-0.2, 0) is 9.59 Å². The molecule has 0 aliphatic heterocycles. The van der Waals surface area contributed by atoms with Crippen LogP contribution in [0.5, 0.6) is 0 Å². The summed E-state index contributed by atoms with van der Waals surface area (Å²) < 4.78 is 0. The summed E-state index contributed by atoms with van der Waals surface area (Å²) in [6.07, 6.45) is 0.906. The summed E-state index contributed by atoms with van der Waals surface area (Å²) in [4.78, 5) is 22.5. The van der Waals surface area contributed by atoms with Crippen LogP contribution in [0.3, 0.4) is 0 Å². The number of carboxylic acids is 1. The third-order valence-corrected chi connectivity index (χ3v) is 2.22. The van der Waals surface area contributed by atoms with Crippen molar-refractivity contribution in [3.05, 3.63) is 42.0 Å². The number of rotatable bonds is 5. The van der Waals surface area contributed by atoms with Gasteiger partial charge in [-0.1, -0.05) is 30.3 Å². The Hall–Kier alpha value is -1.75. The van der Waals surface area contributed by atoms with Crippen LogP contribution in [-0.4, -0.2) is 29.3 Å². The second-order valence-corrected chi connectivity index (χ2v) is 3.69. The molecule has 0 fully saturated rings. The molecule has 0 unspecified atom stereocenters. The molecular weight excluding hydrogens is 238 g/mol. The first-order valence-electron chi connectivity index (χ1n) is 5.04. The summed E-state index contributed by atoms with van der Waals surface area (Å²) in [5.74, 6) is -1.06. The van der Waals surface area contributed by atoms with Crippen molar-refractivity contribution >= 4 is 30.1 Å². The van der Waals surface area contributed by atoms with Crippen molar-refractivity contribution in [2.75, 3.05) is 12.3 Å². The monoisotopic (exact) mass is 251 g/mol. The fraction of sp³-hybridized carbons (Fsp3) is 0.167. The quantitative estimate of drug-likeness (QED) is 0.544. The Morgan fingerprint density at radius 3 is 2.47 bits per heavy atom. The number of benzene rings is 1. The van der Waals surface area contributed by atoms with Gasteiger partial charge < -0.3 is 10.4 Å². The number of carbonyl (C=O) groups is 2. The summed E-state index contributed by atoms with van der Waals surface area (Å²) in [5.41, 5.74) is 0.714. The summed E-state index contributed by atoms with van der Waals surface area (Å²) in [6, 6.07) is 8.67. The van der Waals surface area contributed by atoms with Crippen molar-refractivity contribution in [1.82, 2.24) is 5.32 Å². The number of hydrogen-bond acceptors (Lipinski definition) is 3. The molecule has 1 aromatic rings. The molecule has 90 valence electrons. The lowest BCUT2D eigenvalue weighted by molar-refractivity contribution is -0.131. The Labute approximate surface area is 105 Å². The largest absolute Gasteiger partial charge is 0.478 e. The predicted octanol–water partition coefficient (Wildman–Crippen LogP) is 1.20. The SMILES string of the molecule is O=C(O)/C=C(\C(=O)NCCS)c1ccccc1. The van der Waals surface area contributed by atoms with Crippen LogP contribution >= 0.6 is 12.6 Å². The van der Waals surface area contributed by atoms with E-state index in [4.69, 9.17) is 5.11 Å². The Bertz CT molecular complexity index is 429. The van der Waals surface area contributed by atoms with E-state index in [0.29, 0.717) is 17.9 Å². The molecule has 0 saturated heterocycles. The topological polar surface area (TPSA) is 66.4 Å². The van der Waals surface area contributed by atoms with Gasteiger partial charge in [0.2, 0.25) is 0 Å². The Morgan fingerprint density at radius 2 is 1.94 bits per heavy atom. The molecule has 17 heavy (non-hydrogen) atoms. The molecule has 1 amide bonds. The van der Waals surface area contributed by atoms with Gasteiger partial charge in [-0.05, 0) is 5.56 Å². The summed E-state index contributed by atoms with van der Waals surface area (Å²) in [6.45, 7) is 0.395. The first kappa shape index (κ1) is 13.3. The van der Waals surface area contributed by atoms with Crippen LogP contribution in [0.4, 0.5) is 0 Å². The standard InChI is InChI=1S/C12H13NO3S/c14-11(15)8-10(12(16)13-6-7-17)9-4-2-1-3-5-9/h1-5,8,17H,6-7H2,(H,13,16)(H,14,15)/b10-8-. The fourth-order valence-corrected chi connectivity index (χ4v) is 1.40. The number of aliphatic carboxylic acids is 1. The number of nitrogens with one attached hydrogen (secondary N) is 1. The molecule has 0 aliphatic rings. The van der Waals surface area contributed by atoms with Crippen molar-refractivity contribution in [3.63, 3.8) is 0 Å². The summed E-state index contributed by atoms with van der Waals surface area (Å²) in [7, 11) is 0. The van der Waals surface area contributed by atoms with E-state index in [-0.39, 0.29) is 5.57 Å². The molecule has 2 N–H and O–H groups in total. The second-order valence-electron chi connectivity index (χ2n) is 3.24. The van der Waals surface area contributed by atoms with E-state index in [1.807, 2.05) is 0 Å². The Morgan fingerprint density at radius 1 is 1.29 bits per heavy atom. The van der Waals surface area contributed by atoms with Gasteiger partial charge in [0.1, 0.15) is 0 Å². The van der Waals surface area contributed by atoms with Crippen molar-refractivity contribution in [1.29, 1.82) is 0 Å². The highest BCUT2D eigenvalue weighted by atomic mass is 32.1. The average Bonchev–Trinajstić information content (AvgIpc) is 2.34. The van der Waals surface area contributed by atoms with Gasteiger partial charge in [-0.3, -0.25) is 4.79 Å². The van der Waals surface area contributed by atoms with Gasteiger partial charge >= 0.3 is 5.97 Å². The number of amides is 1. The van der Waals surface area contributed by atoms with E-state index in [1.165, 1.54) is 0 Å². The van der Waals surface area contributed by atoms with E-state index in [1.54, 1.807) is 30.3 Å². The highest BCUT2D eigenvalue weighted by Gasteiger charge is 2.12. The normalized spacial score (nSPS) is 11.0. The molecule has 0 aromatic heterocycles. The minimum absolute atomic E-state index is 0.139. The number of carbonyl (C=O) groups excluding carboxylic acids is 1. The minimum Gasteiger partial charge on any atom is -0.478 e. The number of hydrogen-bond donors (Lipinski definition) is 3. The molecule has 4 nitrogen and oxygen atoms in total. The number of thiol groups is 1. The van der Waals surface area contributed by atoms with E-state index >= 15 is 0 Å². The van der Waals surface area contributed by atoms with Crippen LogP contribution in [0.25, 0.3) is 5.57 Å². The van der Waals surface area contributed by atoms with Crippen molar-refractivity contribution < 1.29 is 14.7 Å². The van der Waals surface area contributed by atoms with Gasteiger partial charge in [-0.15, -0.1) is 0 Å². The molecule has 5 heteroatoms. The lowest BCUT2D eigenvalue weighted by Gasteiger charge is -2.07. The highest BCUT2D eigenvalue weighted by molar-refractivity contribution is 7.80. The van der Waals surface area contributed by atoms with Crippen molar-refractivity contribution in [2.24, 2.45) is 0 Å². The molecular formula is C12H13NO3S. The van der Waals surface area contributed by atoms with Crippen molar-refractivity contribution in [2.45, 2.75) is 0 Å². The van der Waals surface area contributed by atoms with Crippen LogP contribution in [0.2, 0.25) is 0 Å². The molecule has 0 spiro atoms. The smallest absolute Gasteiger partial charge is 0.329 e. The molecule has 0 saturated carbocycles. The maximum absolute atomic E-state index is 11.8. The summed E-state index contributed by atoms with van der Waals surface area (Å²) in [5, 5.41) is 11.3. The van der Waals surface area contributed by atoms with Gasteiger partial charge in [-0.25, -0.2) is 4.79 Å². The molecule has 0 radical (unpaired) electrons. The zero-order chi connectivity index (χ0) is 12.7. The van der Waals surface area contributed by atoms with Gasteiger partial charge in [-0.2, -0.15) is 12.6 Å². The Balaban J connectivity index is 2.97. The number of carboxylic acid groups (broad SMARTS) is 1. The summed E-state index contributed by atoms with van der Waals surface area (Å²) >= 11 is 3.97. The second kappa shape index (κ2) is 6.75. The fourth-order valence-electron chi connectivity index (χ4n) is 1.29.